The lowest BCUT2D eigenvalue weighted by Crippen LogP contribution is -2.46. The topological polar surface area (TPSA) is 71.1 Å². The van der Waals surface area contributed by atoms with Crippen molar-refractivity contribution in [2.24, 2.45) is 0 Å². The summed E-state index contributed by atoms with van der Waals surface area (Å²) in [7, 11) is 0. The van der Waals surface area contributed by atoms with Crippen LogP contribution in [0.3, 0.4) is 0 Å². The number of carbonyl (C=O) groups is 2. The predicted octanol–water partition coefficient (Wildman–Crippen LogP) is 0.560. The standard InChI is InChI=1S/C16H21N3O4/c20-12-19-7-5-18(6-8-19)4-3-16(21)17-13-1-2-14-15(11-13)23-10-9-22-14/h1-2,11-12H,3-10H2,(H,17,21). The molecule has 0 atom stereocenters. The first kappa shape index (κ1) is 15.6. The summed E-state index contributed by atoms with van der Waals surface area (Å²) in [6.07, 6.45) is 1.31. The van der Waals surface area contributed by atoms with Gasteiger partial charge < -0.3 is 19.7 Å². The minimum absolute atomic E-state index is 0.0282. The van der Waals surface area contributed by atoms with Gasteiger partial charge in [0, 0.05) is 50.9 Å². The van der Waals surface area contributed by atoms with Gasteiger partial charge in [0.25, 0.3) is 0 Å². The molecule has 2 aliphatic heterocycles. The van der Waals surface area contributed by atoms with Gasteiger partial charge in [0.15, 0.2) is 11.5 Å². The monoisotopic (exact) mass is 319 g/mol. The van der Waals surface area contributed by atoms with Gasteiger partial charge in [0.05, 0.1) is 0 Å². The molecule has 3 rings (SSSR count). The molecule has 2 amide bonds. The summed E-state index contributed by atoms with van der Waals surface area (Å²) in [5.41, 5.74) is 0.713. The molecular formula is C16H21N3O4. The highest BCUT2D eigenvalue weighted by Crippen LogP contribution is 2.32. The molecule has 1 aromatic carbocycles. The molecule has 0 bridgehead atoms. The fraction of sp³-hybridized carbons (Fsp3) is 0.500. The minimum atomic E-state index is -0.0282. The van der Waals surface area contributed by atoms with Crippen molar-refractivity contribution in [2.45, 2.75) is 6.42 Å². The first-order valence-electron chi connectivity index (χ1n) is 7.86. The van der Waals surface area contributed by atoms with Crippen molar-refractivity contribution < 1.29 is 19.1 Å². The van der Waals surface area contributed by atoms with Crippen LogP contribution in [0.5, 0.6) is 11.5 Å². The molecule has 1 N–H and O–H groups in total. The molecule has 1 fully saturated rings. The van der Waals surface area contributed by atoms with Gasteiger partial charge >= 0.3 is 0 Å². The molecule has 7 heteroatoms. The number of fused-ring (bicyclic) bond motifs is 1. The number of anilines is 1. The smallest absolute Gasteiger partial charge is 0.225 e. The van der Waals surface area contributed by atoms with E-state index in [-0.39, 0.29) is 5.91 Å². The highest BCUT2D eigenvalue weighted by molar-refractivity contribution is 5.91. The van der Waals surface area contributed by atoms with Gasteiger partial charge in [-0.3, -0.25) is 14.5 Å². The number of nitrogens with one attached hydrogen (secondary N) is 1. The second-order valence-electron chi connectivity index (χ2n) is 5.64. The van der Waals surface area contributed by atoms with Crippen LogP contribution in [0.4, 0.5) is 5.69 Å². The maximum absolute atomic E-state index is 12.1. The lowest BCUT2D eigenvalue weighted by molar-refractivity contribution is -0.120. The van der Waals surface area contributed by atoms with Crippen molar-refractivity contribution in [1.29, 1.82) is 0 Å². The minimum Gasteiger partial charge on any atom is -0.486 e. The Balaban J connectivity index is 1.45. The Kier molecular flexibility index (Phi) is 4.97. The molecular weight excluding hydrogens is 298 g/mol. The number of carbonyl (C=O) groups excluding carboxylic acids is 2. The zero-order chi connectivity index (χ0) is 16.1. The summed E-state index contributed by atoms with van der Waals surface area (Å²) < 4.78 is 11.0. The molecule has 7 nitrogen and oxygen atoms in total. The van der Waals surface area contributed by atoms with Crippen LogP contribution in [-0.4, -0.2) is 68.1 Å². The molecule has 0 unspecified atom stereocenters. The average Bonchev–Trinajstić information content (AvgIpc) is 2.60. The molecule has 0 aromatic heterocycles. The Morgan fingerprint density at radius 2 is 1.87 bits per heavy atom. The lowest BCUT2D eigenvalue weighted by Gasteiger charge is -2.32. The quantitative estimate of drug-likeness (QED) is 0.803. The molecule has 0 saturated carbocycles. The number of hydrogen-bond donors (Lipinski definition) is 1. The largest absolute Gasteiger partial charge is 0.486 e. The van der Waals surface area contributed by atoms with Crippen LogP contribution in [-0.2, 0) is 9.59 Å². The Morgan fingerprint density at radius 3 is 2.61 bits per heavy atom. The third kappa shape index (κ3) is 4.13. The molecule has 0 aliphatic carbocycles. The Hall–Kier alpha value is -2.28. The Bertz CT molecular complexity index is 570. The van der Waals surface area contributed by atoms with Crippen molar-refractivity contribution in [2.75, 3.05) is 51.3 Å². The fourth-order valence-corrected chi connectivity index (χ4v) is 2.70. The van der Waals surface area contributed by atoms with Crippen molar-refractivity contribution in [3.05, 3.63) is 18.2 Å². The van der Waals surface area contributed by atoms with Gasteiger partial charge in [-0.1, -0.05) is 0 Å². The molecule has 124 valence electrons. The Labute approximate surface area is 135 Å². The number of amides is 2. The van der Waals surface area contributed by atoms with Crippen LogP contribution in [0.25, 0.3) is 0 Å². The van der Waals surface area contributed by atoms with E-state index < -0.39 is 0 Å². The van der Waals surface area contributed by atoms with Crippen LogP contribution < -0.4 is 14.8 Å². The first-order chi connectivity index (χ1) is 11.2. The maximum Gasteiger partial charge on any atom is 0.225 e. The lowest BCUT2D eigenvalue weighted by atomic mass is 10.2. The van der Waals surface area contributed by atoms with Gasteiger partial charge in [-0.05, 0) is 12.1 Å². The van der Waals surface area contributed by atoms with Crippen LogP contribution >= 0.6 is 0 Å². The normalized spacial score (nSPS) is 17.7. The van der Waals surface area contributed by atoms with Crippen molar-refractivity contribution in [3.63, 3.8) is 0 Å². The third-order valence-electron chi connectivity index (χ3n) is 4.04. The molecule has 0 radical (unpaired) electrons. The predicted molar refractivity (Wildman–Crippen MR) is 84.8 cm³/mol. The second kappa shape index (κ2) is 7.32. The van der Waals surface area contributed by atoms with Gasteiger partial charge in [0.1, 0.15) is 13.2 Å². The summed E-state index contributed by atoms with van der Waals surface area (Å²) in [5.74, 6) is 1.35. The molecule has 1 aromatic rings. The number of rotatable bonds is 5. The molecule has 2 heterocycles. The van der Waals surface area contributed by atoms with E-state index in [1.807, 2.05) is 12.1 Å². The molecule has 1 saturated heterocycles. The van der Waals surface area contributed by atoms with E-state index in [2.05, 4.69) is 10.2 Å². The number of ether oxygens (including phenoxy) is 2. The average molecular weight is 319 g/mol. The summed E-state index contributed by atoms with van der Waals surface area (Å²) in [6.45, 7) is 4.86. The van der Waals surface area contributed by atoms with Gasteiger partial charge in [0.2, 0.25) is 12.3 Å². The molecule has 0 spiro atoms. The van der Waals surface area contributed by atoms with E-state index >= 15 is 0 Å². The van der Waals surface area contributed by atoms with Crippen molar-refractivity contribution in [3.8, 4) is 11.5 Å². The van der Waals surface area contributed by atoms with Crippen LogP contribution in [0.1, 0.15) is 6.42 Å². The number of piperazine rings is 1. The van der Waals surface area contributed by atoms with Crippen molar-refractivity contribution >= 4 is 18.0 Å². The van der Waals surface area contributed by atoms with Crippen molar-refractivity contribution in [1.82, 2.24) is 9.80 Å². The zero-order valence-electron chi connectivity index (χ0n) is 13.0. The SMILES string of the molecule is O=CN1CCN(CCC(=O)Nc2ccc3c(c2)OCCO3)CC1. The first-order valence-corrected chi connectivity index (χ1v) is 7.86. The molecule has 2 aliphatic rings. The second-order valence-corrected chi connectivity index (χ2v) is 5.64. The van der Waals surface area contributed by atoms with Crippen LogP contribution in [0, 0.1) is 0 Å². The highest BCUT2D eigenvalue weighted by Gasteiger charge is 2.17. The highest BCUT2D eigenvalue weighted by atomic mass is 16.6. The van der Waals surface area contributed by atoms with E-state index in [1.54, 1.807) is 11.0 Å². The van der Waals surface area contributed by atoms with E-state index in [0.717, 1.165) is 32.6 Å². The number of nitrogens with zero attached hydrogens (tertiary/aromatic N) is 2. The fourth-order valence-electron chi connectivity index (χ4n) is 2.70. The van der Waals surface area contributed by atoms with Gasteiger partial charge in [-0.25, -0.2) is 0 Å². The van der Waals surface area contributed by atoms with Crippen LogP contribution in [0.2, 0.25) is 0 Å². The summed E-state index contributed by atoms with van der Waals surface area (Å²) in [5, 5.41) is 2.88. The summed E-state index contributed by atoms with van der Waals surface area (Å²) in [4.78, 5) is 26.7. The maximum atomic E-state index is 12.1. The summed E-state index contributed by atoms with van der Waals surface area (Å²) >= 11 is 0. The van der Waals surface area contributed by atoms with Crippen LogP contribution in [0.15, 0.2) is 18.2 Å². The Morgan fingerprint density at radius 1 is 1.13 bits per heavy atom. The van der Waals surface area contributed by atoms with Gasteiger partial charge in [-0.2, -0.15) is 0 Å². The molecule has 23 heavy (non-hydrogen) atoms. The number of hydrogen-bond acceptors (Lipinski definition) is 5. The third-order valence-corrected chi connectivity index (χ3v) is 4.04. The number of benzene rings is 1. The van der Waals surface area contributed by atoms with E-state index in [0.29, 0.717) is 43.4 Å². The van der Waals surface area contributed by atoms with Gasteiger partial charge in [-0.15, -0.1) is 0 Å². The summed E-state index contributed by atoms with van der Waals surface area (Å²) in [6, 6.07) is 5.41. The van der Waals surface area contributed by atoms with E-state index in [4.69, 9.17) is 9.47 Å². The van der Waals surface area contributed by atoms with E-state index in [1.165, 1.54) is 0 Å². The van der Waals surface area contributed by atoms with E-state index in [9.17, 15) is 9.59 Å². The zero-order valence-corrected chi connectivity index (χ0v) is 13.0.